The molecule has 0 unspecified atom stereocenters. The number of furan rings is 1. The maximum absolute atomic E-state index is 13.6. The van der Waals surface area contributed by atoms with Crippen LogP contribution in [0.25, 0.3) is 5.57 Å². The smallest absolute Gasteiger partial charge is 0.303 e. The lowest BCUT2D eigenvalue weighted by molar-refractivity contribution is -0.268. The Kier molecular flexibility index (Phi) is 9.10. The fourth-order valence-electron chi connectivity index (χ4n) is 3.85. The average molecular weight is 556 g/mol. The molecule has 1 amide bonds. The second-order valence-corrected chi connectivity index (χ2v) is 9.71. The molecular formula is C23H25NO11S2. The van der Waals surface area contributed by atoms with Gasteiger partial charge in [0.1, 0.15) is 18.5 Å². The van der Waals surface area contributed by atoms with Gasteiger partial charge in [0.2, 0.25) is 0 Å². The van der Waals surface area contributed by atoms with E-state index in [1.807, 2.05) is 0 Å². The van der Waals surface area contributed by atoms with E-state index in [1.165, 1.54) is 6.26 Å². The molecule has 2 aliphatic heterocycles. The minimum absolute atomic E-state index is 0.0619. The molecule has 14 heteroatoms. The number of rotatable bonds is 7. The zero-order chi connectivity index (χ0) is 27.4. The lowest BCUT2D eigenvalue weighted by Gasteiger charge is -2.46. The third-order valence-corrected chi connectivity index (χ3v) is 6.75. The lowest BCUT2D eigenvalue weighted by Crippen LogP contribution is -2.66. The molecule has 2 fully saturated rings. The van der Waals surface area contributed by atoms with E-state index >= 15 is 0 Å². The van der Waals surface area contributed by atoms with Gasteiger partial charge < -0.3 is 28.1 Å². The van der Waals surface area contributed by atoms with E-state index in [2.05, 4.69) is 0 Å². The van der Waals surface area contributed by atoms with E-state index in [1.54, 1.807) is 19.1 Å². The molecule has 0 aromatic carbocycles. The molecular weight excluding hydrogens is 530 g/mol. The fourth-order valence-corrected chi connectivity index (χ4v) is 5.18. The highest BCUT2D eigenvalue weighted by atomic mass is 32.2. The number of carbonyl (C=O) groups excluding carboxylic acids is 5. The third kappa shape index (κ3) is 6.56. The van der Waals surface area contributed by atoms with E-state index in [0.29, 0.717) is 11.3 Å². The van der Waals surface area contributed by atoms with Gasteiger partial charge in [-0.25, -0.2) is 0 Å². The van der Waals surface area contributed by atoms with Crippen molar-refractivity contribution in [1.82, 2.24) is 4.90 Å². The summed E-state index contributed by atoms with van der Waals surface area (Å²) < 4.78 is 32.8. The molecule has 200 valence electrons. The van der Waals surface area contributed by atoms with Crippen LogP contribution in [0.5, 0.6) is 0 Å². The van der Waals surface area contributed by atoms with Crippen LogP contribution in [0, 0.1) is 0 Å². The maximum atomic E-state index is 13.6. The summed E-state index contributed by atoms with van der Waals surface area (Å²) in [5.41, 5.74) is 0.510. The van der Waals surface area contributed by atoms with Crippen LogP contribution in [0.1, 0.15) is 40.4 Å². The summed E-state index contributed by atoms with van der Waals surface area (Å²) in [6.07, 6.45) is -5.41. The number of thiocarbonyl (C=S) groups is 1. The molecule has 0 N–H and O–H groups in total. The zero-order valence-corrected chi connectivity index (χ0v) is 22.2. The molecule has 12 nitrogen and oxygen atoms in total. The topological polar surface area (TPSA) is 148 Å². The largest absolute Gasteiger partial charge is 0.465 e. The van der Waals surface area contributed by atoms with Crippen molar-refractivity contribution >= 4 is 63.7 Å². The lowest BCUT2D eigenvalue weighted by atomic mass is 9.96. The van der Waals surface area contributed by atoms with Gasteiger partial charge in [0.15, 0.2) is 28.9 Å². The van der Waals surface area contributed by atoms with Crippen molar-refractivity contribution in [2.45, 2.75) is 65.3 Å². The van der Waals surface area contributed by atoms with E-state index in [9.17, 15) is 24.0 Å². The van der Waals surface area contributed by atoms with Gasteiger partial charge in [0, 0.05) is 33.3 Å². The average Bonchev–Trinajstić information content (AvgIpc) is 3.42. The SMILES string of the molecule is CC(=O)OC[C@@H]1O[C@@H](N2C(=O)/C(=C(\C)c3ccco3)SC2=S)[C@H](OC(C)=O)[C@H](OC(C)=O)[C@@H]1OC(C)=O. The van der Waals surface area contributed by atoms with Gasteiger partial charge in [0.25, 0.3) is 5.91 Å². The number of ether oxygens (including phenoxy) is 5. The number of amides is 1. The molecule has 3 rings (SSSR count). The Morgan fingerprint density at radius 1 is 0.946 bits per heavy atom. The zero-order valence-electron chi connectivity index (χ0n) is 20.6. The van der Waals surface area contributed by atoms with Crippen LogP contribution in [-0.2, 0) is 47.7 Å². The van der Waals surface area contributed by atoms with Crippen molar-refractivity contribution in [3.8, 4) is 0 Å². The van der Waals surface area contributed by atoms with E-state index in [0.717, 1.165) is 44.4 Å². The molecule has 37 heavy (non-hydrogen) atoms. The predicted octanol–water partition coefficient (Wildman–Crippen LogP) is 1.95. The van der Waals surface area contributed by atoms with Crippen molar-refractivity contribution < 1.29 is 52.1 Å². The second kappa shape index (κ2) is 11.9. The third-order valence-electron chi connectivity index (χ3n) is 5.25. The number of carbonyl (C=O) groups is 5. The first kappa shape index (κ1) is 28.3. The number of thioether (sulfide) groups is 1. The van der Waals surface area contributed by atoms with Crippen molar-refractivity contribution in [2.24, 2.45) is 0 Å². The van der Waals surface area contributed by atoms with Gasteiger partial charge in [0.05, 0.1) is 11.2 Å². The molecule has 2 aliphatic rings. The molecule has 3 heterocycles. The van der Waals surface area contributed by atoms with Crippen LogP contribution in [0.2, 0.25) is 0 Å². The monoisotopic (exact) mass is 555 g/mol. The van der Waals surface area contributed by atoms with Crippen LogP contribution in [-0.4, -0.2) is 76.3 Å². The second-order valence-electron chi connectivity index (χ2n) is 8.06. The van der Waals surface area contributed by atoms with Crippen molar-refractivity contribution in [1.29, 1.82) is 0 Å². The Hall–Kier alpha value is -3.23. The summed E-state index contributed by atoms with van der Waals surface area (Å²) in [6.45, 7) is 5.75. The summed E-state index contributed by atoms with van der Waals surface area (Å²) in [4.78, 5) is 62.4. The van der Waals surface area contributed by atoms with Crippen LogP contribution in [0.15, 0.2) is 27.7 Å². The number of esters is 4. The summed E-state index contributed by atoms with van der Waals surface area (Å²) in [7, 11) is 0. The molecule has 0 aliphatic carbocycles. The Labute approximate surface area is 221 Å². The Morgan fingerprint density at radius 2 is 1.54 bits per heavy atom. The van der Waals surface area contributed by atoms with Crippen LogP contribution >= 0.6 is 24.0 Å². The molecule has 0 saturated carbocycles. The van der Waals surface area contributed by atoms with Crippen LogP contribution in [0.4, 0.5) is 0 Å². The van der Waals surface area contributed by atoms with Crippen molar-refractivity contribution in [3.63, 3.8) is 0 Å². The Bertz CT molecular complexity index is 1130. The van der Waals surface area contributed by atoms with E-state index in [4.69, 9.17) is 40.3 Å². The van der Waals surface area contributed by atoms with E-state index in [-0.39, 0.29) is 9.23 Å². The normalized spacial score (nSPS) is 26.9. The van der Waals surface area contributed by atoms with Crippen molar-refractivity contribution in [2.75, 3.05) is 6.61 Å². The molecule has 2 saturated heterocycles. The number of hydrogen-bond donors (Lipinski definition) is 0. The molecule has 0 radical (unpaired) electrons. The van der Waals surface area contributed by atoms with Gasteiger partial charge in [-0.1, -0.05) is 24.0 Å². The summed E-state index contributed by atoms with van der Waals surface area (Å²) in [5, 5.41) is 0. The first-order valence-corrected chi connectivity index (χ1v) is 12.2. The standard InChI is InChI=1S/C23H25NO11S2/c1-10(15-7-6-8-30-15)20-21(29)24(23(36)37-20)22-19(34-14(5)28)18(33-13(4)27)17(32-12(3)26)16(35-22)9-31-11(2)25/h6-8,16-19,22H,9H2,1-5H3/b20-10-/t16-,17+,18+,19+,22+/m0/s1. The maximum Gasteiger partial charge on any atom is 0.303 e. The molecule has 1 aromatic heterocycles. The highest BCUT2D eigenvalue weighted by Gasteiger charge is 2.56. The number of nitrogens with zero attached hydrogens (tertiary/aromatic N) is 1. The van der Waals surface area contributed by atoms with Crippen LogP contribution < -0.4 is 0 Å². The first-order chi connectivity index (χ1) is 17.4. The number of hydrogen-bond acceptors (Lipinski definition) is 13. The highest BCUT2D eigenvalue weighted by Crippen LogP contribution is 2.41. The van der Waals surface area contributed by atoms with Gasteiger partial charge in [-0.15, -0.1) is 0 Å². The summed E-state index contributed by atoms with van der Waals surface area (Å²) in [6, 6.07) is 3.34. The molecule has 1 aromatic rings. The Morgan fingerprint density at radius 3 is 2.08 bits per heavy atom. The Balaban J connectivity index is 2.08. The predicted molar refractivity (Wildman–Crippen MR) is 130 cm³/mol. The minimum atomic E-state index is -1.45. The first-order valence-electron chi connectivity index (χ1n) is 11.0. The highest BCUT2D eigenvalue weighted by molar-refractivity contribution is 8.26. The van der Waals surface area contributed by atoms with Gasteiger partial charge >= 0.3 is 23.9 Å². The minimum Gasteiger partial charge on any atom is -0.465 e. The summed E-state index contributed by atoms with van der Waals surface area (Å²) >= 11 is 6.44. The number of allylic oxidation sites excluding steroid dienone is 1. The summed E-state index contributed by atoms with van der Waals surface area (Å²) in [5.74, 6) is -3.13. The van der Waals surface area contributed by atoms with Gasteiger partial charge in [-0.3, -0.25) is 28.9 Å². The van der Waals surface area contributed by atoms with Gasteiger partial charge in [-0.05, 0) is 19.1 Å². The fraction of sp³-hybridized carbons (Fsp3) is 0.478. The van der Waals surface area contributed by atoms with Crippen molar-refractivity contribution in [3.05, 3.63) is 29.1 Å². The molecule has 0 spiro atoms. The molecule has 0 bridgehead atoms. The van der Waals surface area contributed by atoms with Gasteiger partial charge in [-0.2, -0.15) is 0 Å². The van der Waals surface area contributed by atoms with E-state index < -0.39 is 67.0 Å². The van der Waals surface area contributed by atoms with Crippen LogP contribution in [0.3, 0.4) is 0 Å². The quantitative estimate of drug-likeness (QED) is 0.209. The molecule has 5 atom stereocenters.